The van der Waals surface area contributed by atoms with Gasteiger partial charge in [-0.15, -0.1) is 0 Å². The first-order valence-electron chi connectivity index (χ1n) is 6.38. The first-order valence-corrected chi connectivity index (χ1v) is 6.38. The number of nitrogens with one attached hydrogen (secondary N) is 1. The largest absolute Gasteiger partial charge is 0.360 e. The average Bonchev–Trinajstić information content (AvgIpc) is 3.07. The van der Waals surface area contributed by atoms with E-state index in [1.54, 1.807) is 0 Å². The molecule has 2 heterocycles. The van der Waals surface area contributed by atoms with E-state index >= 15 is 0 Å². The highest BCUT2D eigenvalue weighted by Crippen LogP contribution is 2.38. The van der Waals surface area contributed by atoms with Crippen LogP contribution in [0.4, 0.5) is 0 Å². The van der Waals surface area contributed by atoms with Crippen molar-refractivity contribution in [2.45, 2.75) is 43.9 Å². The van der Waals surface area contributed by atoms with Gasteiger partial charge in [0, 0.05) is 32.0 Å². The third-order valence-electron chi connectivity index (χ3n) is 4.24. The Balaban J connectivity index is 1.64. The number of hydrogen-bond donors (Lipinski definition) is 1. The van der Waals surface area contributed by atoms with Crippen LogP contribution in [-0.2, 0) is 4.74 Å². The van der Waals surface area contributed by atoms with E-state index in [1.165, 1.54) is 32.4 Å². The molecule has 3 rings (SSSR count). The minimum atomic E-state index is 0.0397. The summed E-state index contributed by atoms with van der Waals surface area (Å²) in [6, 6.07) is 0.752. The molecule has 2 saturated heterocycles. The SMILES string of the molecule is CN1CCC2(CC1)NC(C1CC1)CCO2. The van der Waals surface area contributed by atoms with Gasteiger partial charge in [-0.05, 0) is 32.2 Å². The van der Waals surface area contributed by atoms with E-state index in [-0.39, 0.29) is 5.72 Å². The topological polar surface area (TPSA) is 24.5 Å². The van der Waals surface area contributed by atoms with E-state index in [4.69, 9.17) is 4.74 Å². The highest BCUT2D eigenvalue weighted by atomic mass is 16.5. The minimum absolute atomic E-state index is 0.0397. The zero-order valence-electron chi connectivity index (χ0n) is 9.67. The number of nitrogens with zero attached hydrogens (tertiary/aromatic N) is 1. The van der Waals surface area contributed by atoms with Gasteiger partial charge in [0.1, 0.15) is 5.72 Å². The van der Waals surface area contributed by atoms with Gasteiger partial charge in [-0.25, -0.2) is 0 Å². The molecule has 3 heteroatoms. The maximum absolute atomic E-state index is 6.03. The van der Waals surface area contributed by atoms with Crippen molar-refractivity contribution in [1.82, 2.24) is 10.2 Å². The maximum Gasteiger partial charge on any atom is 0.121 e. The van der Waals surface area contributed by atoms with E-state index in [2.05, 4.69) is 17.3 Å². The fourth-order valence-electron chi connectivity index (χ4n) is 2.95. The molecule has 1 atom stereocenters. The monoisotopic (exact) mass is 210 g/mol. The smallest absolute Gasteiger partial charge is 0.121 e. The lowest BCUT2D eigenvalue weighted by molar-refractivity contribution is -0.139. The lowest BCUT2D eigenvalue weighted by Crippen LogP contribution is -2.61. The Morgan fingerprint density at radius 3 is 2.60 bits per heavy atom. The Kier molecular flexibility index (Phi) is 2.49. The van der Waals surface area contributed by atoms with Gasteiger partial charge in [-0.2, -0.15) is 0 Å². The number of likely N-dealkylation sites (tertiary alicyclic amines) is 1. The van der Waals surface area contributed by atoms with Crippen molar-refractivity contribution in [1.29, 1.82) is 0 Å². The molecule has 3 aliphatic rings. The molecule has 0 radical (unpaired) electrons. The predicted octanol–water partition coefficient (Wildman–Crippen LogP) is 1.20. The maximum atomic E-state index is 6.03. The summed E-state index contributed by atoms with van der Waals surface area (Å²) in [6.07, 6.45) is 6.42. The number of piperidine rings is 1. The van der Waals surface area contributed by atoms with Crippen LogP contribution >= 0.6 is 0 Å². The van der Waals surface area contributed by atoms with E-state index in [0.717, 1.165) is 31.4 Å². The second-order valence-corrected chi connectivity index (χ2v) is 5.52. The Labute approximate surface area is 92.2 Å². The predicted molar refractivity (Wildman–Crippen MR) is 59.7 cm³/mol. The molecular weight excluding hydrogens is 188 g/mol. The van der Waals surface area contributed by atoms with Crippen molar-refractivity contribution < 1.29 is 4.74 Å². The van der Waals surface area contributed by atoms with E-state index in [1.807, 2.05) is 0 Å². The summed E-state index contributed by atoms with van der Waals surface area (Å²) >= 11 is 0. The number of rotatable bonds is 1. The quantitative estimate of drug-likeness (QED) is 0.704. The third kappa shape index (κ3) is 2.05. The first-order chi connectivity index (χ1) is 7.27. The van der Waals surface area contributed by atoms with E-state index < -0.39 is 0 Å². The minimum Gasteiger partial charge on any atom is -0.360 e. The average molecular weight is 210 g/mol. The van der Waals surface area contributed by atoms with Crippen LogP contribution in [0.5, 0.6) is 0 Å². The molecule has 0 aromatic rings. The molecule has 2 aliphatic heterocycles. The Morgan fingerprint density at radius 2 is 1.93 bits per heavy atom. The normalized spacial score (nSPS) is 37.0. The van der Waals surface area contributed by atoms with Crippen molar-refractivity contribution in [2.24, 2.45) is 5.92 Å². The number of ether oxygens (including phenoxy) is 1. The summed E-state index contributed by atoms with van der Waals surface area (Å²) in [5.74, 6) is 0.963. The summed E-state index contributed by atoms with van der Waals surface area (Å²) in [4.78, 5) is 2.40. The highest BCUT2D eigenvalue weighted by molar-refractivity contribution is 4.96. The van der Waals surface area contributed by atoms with Gasteiger partial charge in [0.25, 0.3) is 0 Å². The van der Waals surface area contributed by atoms with Crippen LogP contribution in [0.2, 0.25) is 0 Å². The fourth-order valence-corrected chi connectivity index (χ4v) is 2.95. The van der Waals surface area contributed by atoms with Crippen molar-refractivity contribution in [3.63, 3.8) is 0 Å². The standard InChI is InChI=1S/C12H22N2O/c1-14-7-5-12(6-8-14)13-11(4-9-15-12)10-2-3-10/h10-11,13H,2-9H2,1H3. The van der Waals surface area contributed by atoms with Gasteiger partial charge < -0.3 is 9.64 Å². The fraction of sp³-hybridized carbons (Fsp3) is 1.00. The molecule has 1 aliphatic carbocycles. The van der Waals surface area contributed by atoms with Crippen LogP contribution < -0.4 is 5.32 Å². The molecule has 1 N–H and O–H groups in total. The lowest BCUT2D eigenvalue weighted by Gasteiger charge is -2.46. The van der Waals surface area contributed by atoms with E-state index in [9.17, 15) is 0 Å². The Hall–Kier alpha value is -0.120. The molecule has 0 bridgehead atoms. The molecule has 0 amide bonds. The third-order valence-corrected chi connectivity index (χ3v) is 4.24. The molecule has 3 nitrogen and oxygen atoms in total. The molecule has 15 heavy (non-hydrogen) atoms. The van der Waals surface area contributed by atoms with Crippen LogP contribution in [0.3, 0.4) is 0 Å². The summed E-state index contributed by atoms with van der Waals surface area (Å²) in [5.41, 5.74) is 0.0397. The lowest BCUT2D eigenvalue weighted by atomic mass is 9.95. The second-order valence-electron chi connectivity index (χ2n) is 5.52. The first kappa shape index (κ1) is 10.1. The Bertz CT molecular complexity index is 232. The molecule has 1 spiro atoms. The summed E-state index contributed by atoms with van der Waals surface area (Å²) < 4.78 is 6.03. The van der Waals surface area contributed by atoms with Gasteiger partial charge in [0.15, 0.2) is 0 Å². The van der Waals surface area contributed by atoms with Crippen molar-refractivity contribution in [3.8, 4) is 0 Å². The van der Waals surface area contributed by atoms with Crippen LogP contribution in [0, 0.1) is 5.92 Å². The molecule has 3 fully saturated rings. The summed E-state index contributed by atoms with van der Waals surface area (Å²) in [5, 5.41) is 3.80. The second kappa shape index (κ2) is 3.72. The molecule has 1 saturated carbocycles. The van der Waals surface area contributed by atoms with Crippen LogP contribution in [0.1, 0.15) is 32.1 Å². The van der Waals surface area contributed by atoms with Gasteiger partial charge >= 0.3 is 0 Å². The molecule has 0 aromatic heterocycles. The van der Waals surface area contributed by atoms with Crippen molar-refractivity contribution >= 4 is 0 Å². The molecule has 0 aromatic carbocycles. The molecular formula is C12H22N2O. The zero-order chi connectivity index (χ0) is 10.3. The van der Waals surface area contributed by atoms with Gasteiger partial charge in [0.05, 0.1) is 6.61 Å². The molecule has 86 valence electrons. The van der Waals surface area contributed by atoms with E-state index in [0.29, 0.717) is 0 Å². The Morgan fingerprint density at radius 1 is 1.20 bits per heavy atom. The van der Waals surface area contributed by atoms with Gasteiger partial charge in [0.2, 0.25) is 0 Å². The summed E-state index contributed by atoms with van der Waals surface area (Å²) in [6.45, 7) is 3.31. The van der Waals surface area contributed by atoms with Crippen LogP contribution in [-0.4, -0.2) is 43.4 Å². The van der Waals surface area contributed by atoms with Crippen LogP contribution in [0.15, 0.2) is 0 Å². The highest BCUT2D eigenvalue weighted by Gasteiger charge is 2.43. The van der Waals surface area contributed by atoms with Crippen molar-refractivity contribution in [2.75, 3.05) is 26.7 Å². The van der Waals surface area contributed by atoms with Crippen molar-refractivity contribution in [3.05, 3.63) is 0 Å². The zero-order valence-corrected chi connectivity index (χ0v) is 9.67. The molecule has 1 unspecified atom stereocenters. The summed E-state index contributed by atoms with van der Waals surface area (Å²) in [7, 11) is 2.20. The van der Waals surface area contributed by atoms with Gasteiger partial charge in [-0.1, -0.05) is 0 Å². The number of hydrogen-bond acceptors (Lipinski definition) is 3. The van der Waals surface area contributed by atoms with Gasteiger partial charge in [-0.3, -0.25) is 5.32 Å². The van der Waals surface area contributed by atoms with Crippen LogP contribution in [0.25, 0.3) is 0 Å².